The van der Waals surface area contributed by atoms with Gasteiger partial charge in [-0.25, -0.2) is 9.79 Å². The summed E-state index contributed by atoms with van der Waals surface area (Å²) in [7, 11) is 3.07. The second-order valence-corrected chi connectivity index (χ2v) is 7.86. The maximum absolute atomic E-state index is 13.4. The fourth-order valence-corrected chi connectivity index (χ4v) is 4.45. The smallest absolute Gasteiger partial charge is 0.332 e. The van der Waals surface area contributed by atoms with Gasteiger partial charge in [0.05, 0.1) is 11.3 Å². The number of benzene rings is 2. The minimum Gasteiger partial charge on any atom is -0.425 e. The molecular formula is C25H21N3O4. The Kier molecular flexibility index (Phi) is 4.55. The third kappa shape index (κ3) is 2.74. The Morgan fingerprint density at radius 2 is 1.62 bits per heavy atom. The third-order valence-electron chi connectivity index (χ3n) is 6.03. The van der Waals surface area contributed by atoms with Gasteiger partial charge in [-0.2, -0.15) is 0 Å². The van der Waals surface area contributed by atoms with Crippen molar-refractivity contribution in [1.29, 1.82) is 0 Å². The number of hydrogen-bond donors (Lipinski definition) is 0. The minimum atomic E-state index is -0.545. The molecule has 2 aromatic carbocycles. The Bertz CT molecular complexity index is 1460. The Morgan fingerprint density at radius 3 is 2.31 bits per heavy atom. The van der Waals surface area contributed by atoms with E-state index in [1.807, 2.05) is 54.6 Å². The molecule has 0 fully saturated rings. The number of rotatable bonds is 3. The second-order valence-electron chi connectivity index (χ2n) is 7.86. The van der Waals surface area contributed by atoms with Crippen molar-refractivity contribution >= 4 is 23.3 Å². The van der Waals surface area contributed by atoms with Gasteiger partial charge >= 0.3 is 11.7 Å². The van der Waals surface area contributed by atoms with Crippen LogP contribution in [0.2, 0.25) is 0 Å². The van der Waals surface area contributed by atoms with E-state index >= 15 is 0 Å². The normalized spacial score (nSPS) is 16.2. The molecule has 0 spiro atoms. The standard InChI is InChI=1S/C25H21N3O4/c1-4-17(29)32-22-16-13-9-8-12-15(16)21-19(22)18(14-10-6-5-7-11-14)20-23(26-21)27(2)25(31)28(3)24(20)30/h5-13,18H,4H2,1-3H3/t18-/m0/s1. The number of carbonyl (C=O) groups is 1. The summed E-state index contributed by atoms with van der Waals surface area (Å²) in [5.74, 6) is -0.170. The average molecular weight is 427 g/mol. The highest BCUT2D eigenvalue weighted by Gasteiger charge is 2.42. The minimum absolute atomic E-state index is 0.217. The van der Waals surface area contributed by atoms with Gasteiger partial charge in [0.2, 0.25) is 0 Å². The quantitative estimate of drug-likeness (QED) is 0.602. The number of carbonyl (C=O) groups excluding carboxylic acids is 1. The number of aromatic nitrogens is 2. The molecule has 0 bridgehead atoms. The van der Waals surface area contributed by atoms with Crippen molar-refractivity contribution in [2.24, 2.45) is 19.1 Å². The molecule has 1 atom stereocenters. The number of nitrogens with zero attached hydrogens (tertiary/aromatic N) is 3. The second kappa shape index (κ2) is 7.30. The molecule has 7 nitrogen and oxygen atoms in total. The summed E-state index contributed by atoms with van der Waals surface area (Å²) in [6.45, 7) is 1.74. The Labute approximate surface area is 183 Å². The molecule has 1 aromatic heterocycles. The van der Waals surface area contributed by atoms with Crippen LogP contribution in [0.1, 0.15) is 41.5 Å². The third-order valence-corrected chi connectivity index (χ3v) is 6.03. The monoisotopic (exact) mass is 427 g/mol. The van der Waals surface area contributed by atoms with Crippen LogP contribution in [0.15, 0.2) is 74.8 Å². The maximum Gasteiger partial charge on any atom is 0.332 e. The van der Waals surface area contributed by atoms with Gasteiger partial charge in [-0.1, -0.05) is 61.5 Å². The zero-order valence-electron chi connectivity index (χ0n) is 18.0. The van der Waals surface area contributed by atoms with Gasteiger partial charge in [-0.15, -0.1) is 0 Å². The Balaban J connectivity index is 1.94. The molecule has 32 heavy (non-hydrogen) atoms. The van der Waals surface area contributed by atoms with Crippen LogP contribution in [0.4, 0.5) is 5.82 Å². The van der Waals surface area contributed by atoms with Crippen molar-refractivity contribution in [2.45, 2.75) is 19.3 Å². The van der Waals surface area contributed by atoms with Gasteiger partial charge in [0, 0.05) is 43.1 Å². The first-order valence-corrected chi connectivity index (χ1v) is 10.4. The van der Waals surface area contributed by atoms with Crippen molar-refractivity contribution < 1.29 is 9.53 Å². The van der Waals surface area contributed by atoms with E-state index in [0.717, 1.165) is 21.3 Å². The summed E-state index contributed by atoms with van der Waals surface area (Å²) >= 11 is 0. The highest BCUT2D eigenvalue weighted by atomic mass is 16.5. The first-order chi connectivity index (χ1) is 15.4. The molecule has 160 valence electrons. The predicted molar refractivity (Wildman–Crippen MR) is 121 cm³/mol. The summed E-state index contributed by atoms with van der Waals surface area (Å²) in [6.07, 6.45) is 0.217. The van der Waals surface area contributed by atoms with Crippen molar-refractivity contribution in [3.8, 4) is 0 Å². The lowest BCUT2D eigenvalue weighted by molar-refractivity contribution is -0.136. The summed E-state index contributed by atoms with van der Waals surface area (Å²) < 4.78 is 8.32. The van der Waals surface area contributed by atoms with Crippen LogP contribution in [0, 0.1) is 0 Å². The molecule has 1 aliphatic heterocycles. The maximum atomic E-state index is 13.4. The van der Waals surface area contributed by atoms with E-state index in [0.29, 0.717) is 28.4 Å². The molecule has 1 aliphatic carbocycles. The highest BCUT2D eigenvalue weighted by Crippen LogP contribution is 2.48. The summed E-state index contributed by atoms with van der Waals surface area (Å²) in [5.41, 5.74) is 3.22. The van der Waals surface area contributed by atoms with Crippen LogP contribution in [-0.2, 0) is 23.6 Å². The van der Waals surface area contributed by atoms with Crippen molar-refractivity contribution in [3.05, 3.63) is 103 Å². The predicted octanol–water partition coefficient (Wildman–Crippen LogP) is 3.03. The molecule has 7 heteroatoms. The summed E-state index contributed by atoms with van der Waals surface area (Å²) in [6, 6.07) is 17.1. The largest absolute Gasteiger partial charge is 0.425 e. The van der Waals surface area contributed by atoms with E-state index in [1.54, 1.807) is 14.0 Å². The first kappa shape index (κ1) is 19.9. The van der Waals surface area contributed by atoms with Gasteiger partial charge in [0.15, 0.2) is 0 Å². The summed E-state index contributed by atoms with van der Waals surface area (Å²) in [4.78, 5) is 43.2. The van der Waals surface area contributed by atoms with Gasteiger partial charge in [0.1, 0.15) is 11.6 Å². The van der Waals surface area contributed by atoms with Crippen LogP contribution in [-0.4, -0.2) is 20.8 Å². The molecule has 5 rings (SSSR count). The molecular weight excluding hydrogens is 406 g/mol. The zero-order valence-corrected chi connectivity index (χ0v) is 18.0. The van der Waals surface area contributed by atoms with Gasteiger partial charge < -0.3 is 4.74 Å². The SMILES string of the molecule is CCC(=O)OC1=C2C(=Nc3c(c(=O)n(C)c(=O)n3C)[C@H]2c2ccccc2)c2ccccc21. The lowest BCUT2D eigenvalue weighted by atomic mass is 9.81. The van der Waals surface area contributed by atoms with Gasteiger partial charge in [-0.05, 0) is 5.56 Å². The topological polar surface area (TPSA) is 82.7 Å². The lowest BCUT2D eigenvalue weighted by Crippen LogP contribution is -2.41. The summed E-state index contributed by atoms with van der Waals surface area (Å²) in [5, 5.41) is 0. The van der Waals surface area contributed by atoms with Crippen molar-refractivity contribution in [2.75, 3.05) is 0 Å². The van der Waals surface area contributed by atoms with E-state index in [9.17, 15) is 14.4 Å². The van der Waals surface area contributed by atoms with Crippen LogP contribution in [0.3, 0.4) is 0 Å². The lowest BCUT2D eigenvalue weighted by Gasteiger charge is -2.27. The first-order valence-electron chi connectivity index (χ1n) is 10.4. The molecule has 0 unspecified atom stereocenters. The number of esters is 1. The molecule has 0 saturated heterocycles. The van der Waals surface area contributed by atoms with Crippen LogP contribution < -0.4 is 11.2 Å². The number of hydrogen-bond acceptors (Lipinski definition) is 5. The van der Waals surface area contributed by atoms with E-state index in [2.05, 4.69) is 0 Å². The van der Waals surface area contributed by atoms with E-state index in [-0.39, 0.29) is 12.4 Å². The van der Waals surface area contributed by atoms with E-state index < -0.39 is 17.2 Å². The number of ether oxygens (including phenoxy) is 1. The molecule has 0 saturated carbocycles. The highest BCUT2D eigenvalue weighted by molar-refractivity contribution is 6.25. The number of allylic oxidation sites excluding steroid dienone is 1. The van der Waals surface area contributed by atoms with Crippen molar-refractivity contribution in [1.82, 2.24) is 9.13 Å². The molecule has 2 aliphatic rings. The molecule has 0 radical (unpaired) electrons. The van der Waals surface area contributed by atoms with Crippen LogP contribution in [0.25, 0.3) is 5.76 Å². The number of aliphatic imine (C=N–C) groups is 1. The fraction of sp³-hybridized carbons (Fsp3) is 0.200. The Morgan fingerprint density at radius 1 is 0.969 bits per heavy atom. The fourth-order valence-electron chi connectivity index (χ4n) is 4.45. The number of fused-ring (bicyclic) bond motifs is 4. The molecule has 3 aromatic rings. The molecule has 2 heterocycles. The van der Waals surface area contributed by atoms with Crippen LogP contribution >= 0.6 is 0 Å². The Hall–Kier alpha value is -4.00. The molecule has 0 N–H and O–H groups in total. The van der Waals surface area contributed by atoms with E-state index in [1.165, 1.54) is 11.6 Å². The van der Waals surface area contributed by atoms with Gasteiger partial charge in [-0.3, -0.25) is 18.7 Å². The zero-order chi connectivity index (χ0) is 22.6. The van der Waals surface area contributed by atoms with Crippen molar-refractivity contribution in [3.63, 3.8) is 0 Å². The van der Waals surface area contributed by atoms with Crippen LogP contribution in [0.5, 0.6) is 0 Å². The van der Waals surface area contributed by atoms with E-state index in [4.69, 9.17) is 9.73 Å². The molecule has 0 amide bonds. The average Bonchev–Trinajstić information content (AvgIpc) is 3.13. The van der Waals surface area contributed by atoms with Gasteiger partial charge in [0.25, 0.3) is 5.56 Å².